The minimum Gasteiger partial charge on any atom is -0.356 e. The van der Waals surface area contributed by atoms with Gasteiger partial charge < -0.3 is 10.6 Å². The Labute approximate surface area is 109 Å². The first kappa shape index (κ1) is 14.8. The Morgan fingerprint density at radius 3 is 2.65 bits per heavy atom. The number of hydrogen-bond donors (Lipinski definition) is 2. The lowest BCUT2D eigenvalue weighted by molar-refractivity contribution is -0.132. The van der Waals surface area contributed by atoms with E-state index in [0.29, 0.717) is 5.25 Å². The summed E-state index contributed by atoms with van der Waals surface area (Å²) in [6.07, 6.45) is 6.09. The molecule has 1 amide bonds. The van der Waals surface area contributed by atoms with E-state index in [-0.39, 0.29) is 11.3 Å². The molecule has 1 saturated heterocycles. The summed E-state index contributed by atoms with van der Waals surface area (Å²) in [4.78, 5) is 12.3. The molecule has 1 aliphatic heterocycles. The van der Waals surface area contributed by atoms with Crippen LogP contribution in [0.1, 0.15) is 39.5 Å². The number of thioether (sulfide) groups is 1. The van der Waals surface area contributed by atoms with Gasteiger partial charge in [-0.05, 0) is 45.0 Å². The fourth-order valence-electron chi connectivity index (χ4n) is 2.34. The maximum absolute atomic E-state index is 12.3. The molecule has 1 rings (SSSR count). The van der Waals surface area contributed by atoms with Gasteiger partial charge in [0.1, 0.15) is 0 Å². The molecule has 100 valence electrons. The first-order valence-electron chi connectivity index (χ1n) is 6.66. The topological polar surface area (TPSA) is 41.1 Å². The first-order chi connectivity index (χ1) is 8.14. The summed E-state index contributed by atoms with van der Waals surface area (Å²) in [5.74, 6) is 0.273. The highest BCUT2D eigenvalue weighted by Crippen LogP contribution is 2.32. The van der Waals surface area contributed by atoms with E-state index < -0.39 is 0 Å². The average Bonchev–Trinajstić information content (AvgIpc) is 2.39. The van der Waals surface area contributed by atoms with Crippen molar-refractivity contribution in [3.05, 3.63) is 0 Å². The molecule has 1 atom stereocenters. The number of piperidine rings is 1. The number of carbonyl (C=O) groups is 1. The number of amides is 1. The fraction of sp³-hybridized carbons (Fsp3) is 0.923. The molecule has 4 heteroatoms. The number of hydrogen-bond acceptors (Lipinski definition) is 3. The molecule has 1 unspecified atom stereocenters. The van der Waals surface area contributed by atoms with Crippen LogP contribution in [0.4, 0.5) is 0 Å². The van der Waals surface area contributed by atoms with Gasteiger partial charge in [-0.1, -0.05) is 13.8 Å². The Hall–Kier alpha value is -0.220. The van der Waals surface area contributed by atoms with Crippen LogP contribution in [0, 0.1) is 5.41 Å². The van der Waals surface area contributed by atoms with Crippen LogP contribution in [0.15, 0.2) is 0 Å². The molecular formula is C13H26N2OS. The normalized spacial score (nSPS) is 20.9. The molecule has 0 bridgehead atoms. The standard InChI is InChI=1S/C13H26N2OS/c1-4-13(6-9-14-10-7-13)12(16)15-8-5-11(2)17-3/h11,14H,4-10H2,1-3H3,(H,15,16). The van der Waals surface area contributed by atoms with Gasteiger partial charge in [0, 0.05) is 11.8 Å². The second-order valence-corrected chi connectivity index (χ2v) is 6.25. The van der Waals surface area contributed by atoms with Crippen LogP contribution < -0.4 is 10.6 Å². The predicted octanol–water partition coefficient (Wildman–Crippen LogP) is 2.02. The minimum atomic E-state index is -0.103. The van der Waals surface area contributed by atoms with Crippen molar-refractivity contribution in [1.29, 1.82) is 0 Å². The van der Waals surface area contributed by atoms with Crippen molar-refractivity contribution in [3.8, 4) is 0 Å². The molecule has 1 heterocycles. The van der Waals surface area contributed by atoms with E-state index in [9.17, 15) is 4.79 Å². The van der Waals surface area contributed by atoms with Crippen molar-refractivity contribution in [2.24, 2.45) is 5.41 Å². The van der Waals surface area contributed by atoms with Crippen LogP contribution in [0.5, 0.6) is 0 Å². The Bertz CT molecular complexity index is 240. The minimum absolute atomic E-state index is 0.103. The highest BCUT2D eigenvalue weighted by atomic mass is 32.2. The lowest BCUT2D eigenvalue weighted by Crippen LogP contribution is -2.47. The van der Waals surface area contributed by atoms with Crippen molar-refractivity contribution < 1.29 is 4.79 Å². The number of rotatable bonds is 6. The molecule has 1 fully saturated rings. The summed E-state index contributed by atoms with van der Waals surface area (Å²) in [6.45, 7) is 7.10. The van der Waals surface area contributed by atoms with Crippen molar-refractivity contribution in [1.82, 2.24) is 10.6 Å². The quantitative estimate of drug-likeness (QED) is 0.766. The summed E-state index contributed by atoms with van der Waals surface area (Å²) in [7, 11) is 0. The molecule has 2 N–H and O–H groups in total. The lowest BCUT2D eigenvalue weighted by atomic mass is 9.76. The van der Waals surface area contributed by atoms with E-state index in [2.05, 4.69) is 30.7 Å². The van der Waals surface area contributed by atoms with Crippen LogP contribution in [0.25, 0.3) is 0 Å². The fourth-order valence-corrected chi connectivity index (χ4v) is 2.69. The lowest BCUT2D eigenvalue weighted by Gasteiger charge is -2.35. The van der Waals surface area contributed by atoms with Crippen LogP contribution in [-0.4, -0.2) is 37.0 Å². The van der Waals surface area contributed by atoms with E-state index in [4.69, 9.17) is 0 Å². The third-order valence-electron chi connectivity index (χ3n) is 3.96. The smallest absolute Gasteiger partial charge is 0.226 e. The zero-order valence-corrected chi connectivity index (χ0v) is 12.2. The van der Waals surface area contributed by atoms with Gasteiger partial charge in [0.05, 0.1) is 5.41 Å². The summed E-state index contributed by atoms with van der Waals surface area (Å²) < 4.78 is 0. The van der Waals surface area contributed by atoms with E-state index >= 15 is 0 Å². The highest BCUT2D eigenvalue weighted by molar-refractivity contribution is 7.99. The van der Waals surface area contributed by atoms with E-state index in [1.54, 1.807) is 0 Å². The number of carbonyl (C=O) groups excluding carboxylic acids is 1. The Morgan fingerprint density at radius 2 is 2.12 bits per heavy atom. The average molecular weight is 258 g/mol. The van der Waals surface area contributed by atoms with Gasteiger partial charge in [0.25, 0.3) is 0 Å². The molecule has 0 aromatic rings. The van der Waals surface area contributed by atoms with Gasteiger partial charge in [-0.3, -0.25) is 4.79 Å². The zero-order chi connectivity index (χ0) is 12.7. The largest absolute Gasteiger partial charge is 0.356 e. The van der Waals surface area contributed by atoms with Crippen LogP contribution in [-0.2, 0) is 4.79 Å². The summed E-state index contributed by atoms with van der Waals surface area (Å²) >= 11 is 1.86. The number of nitrogens with one attached hydrogen (secondary N) is 2. The Morgan fingerprint density at radius 1 is 1.47 bits per heavy atom. The predicted molar refractivity (Wildman–Crippen MR) is 75.4 cm³/mol. The molecule has 0 aromatic carbocycles. The third kappa shape index (κ3) is 4.18. The van der Waals surface area contributed by atoms with Gasteiger partial charge >= 0.3 is 0 Å². The van der Waals surface area contributed by atoms with Gasteiger partial charge in [0.2, 0.25) is 5.91 Å². The van der Waals surface area contributed by atoms with Crippen LogP contribution >= 0.6 is 11.8 Å². The van der Waals surface area contributed by atoms with Gasteiger partial charge in [-0.2, -0.15) is 11.8 Å². The van der Waals surface area contributed by atoms with Gasteiger partial charge in [-0.15, -0.1) is 0 Å². The zero-order valence-electron chi connectivity index (χ0n) is 11.3. The van der Waals surface area contributed by atoms with E-state index in [1.807, 2.05) is 11.8 Å². The molecule has 0 radical (unpaired) electrons. The van der Waals surface area contributed by atoms with E-state index in [1.165, 1.54) is 0 Å². The second-order valence-electron chi connectivity index (χ2n) is 4.97. The third-order valence-corrected chi connectivity index (χ3v) is 5.00. The molecule has 1 aliphatic rings. The Balaban J connectivity index is 2.38. The molecule has 0 aliphatic carbocycles. The van der Waals surface area contributed by atoms with Gasteiger partial charge in [-0.25, -0.2) is 0 Å². The monoisotopic (exact) mass is 258 g/mol. The van der Waals surface area contributed by atoms with Crippen molar-refractivity contribution in [2.75, 3.05) is 25.9 Å². The first-order valence-corrected chi connectivity index (χ1v) is 7.95. The molecule has 0 aromatic heterocycles. The summed E-state index contributed by atoms with van der Waals surface area (Å²) in [5, 5.41) is 7.08. The summed E-state index contributed by atoms with van der Waals surface area (Å²) in [6, 6.07) is 0. The van der Waals surface area contributed by atoms with E-state index in [0.717, 1.165) is 45.3 Å². The van der Waals surface area contributed by atoms with Crippen LogP contribution in [0.2, 0.25) is 0 Å². The van der Waals surface area contributed by atoms with Crippen molar-refractivity contribution in [3.63, 3.8) is 0 Å². The summed E-state index contributed by atoms with van der Waals surface area (Å²) in [5.41, 5.74) is -0.103. The van der Waals surface area contributed by atoms with Crippen LogP contribution in [0.3, 0.4) is 0 Å². The van der Waals surface area contributed by atoms with Crippen molar-refractivity contribution >= 4 is 17.7 Å². The van der Waals surface area contributed by atoms with Crippen molar-refractivity contribution in [2.45, 2.75) is 44.8 Å². The maximum atomic E-state index is 12.3. The Kier molecular flexibility index (Phi) is 6.34. The molecule has 3 nitrogen and oxygen atoms in total. The highest BCUT2D eigenvalue weighted by Gasteiger charge is 2.37. The molecule has 0 spiro atoms. The molecule has 0 saturated carbocycles. The SMILES string of the molecule is CCC1(C(=O)NCCC(C)SC)CCNCC1. The molecular weight excluding hydrogens is 232 g/mol. The molecule has 17 heavy (non-hydrogen) atoms. The van der Waals surface area contributed by atoms with Gasteiger partial charge in [0.15, 0.2) is 0 Å². The maximum Gasteiger partial charge on any atom is 0.226 e. The second kappa shape index (κ2) is 7.27.